The van der Waals surface area contributed by atoms with Crippen LogP contribution in [-0.2, 0) is 6.54 Å². The van der Waals surface area contributed by atoms with Gasteiger partial charge in [0.05, 0.1) is 13.2 Å². The van der Waals surface area contributed by atoms with E-state index in [1.54, 1.807) is 18.4 Å². The zero-order valence-corrected chi connectivity index (χ0v) is 11.9. The molecule has 1 unspecified atom stereocenters. The van der Waals surface area contributed by atoms with Gasteiger partial charge in [-0.15, -0.1) is 11.3 Å². The van der Waals surface area contributed by atoms with E-state index in [-0.39, 0.29) is 0 Å². The molecule has 0 radical (unpaired) electrons. The van der Waals surface area contributed by atoms with Crippen molar-refractivity contribution >= 4 is 11.3 Å². The second-order valence-electron chi connectivity index (χ2n) is 4.30. The largest absolute Gasteiger partial charge is 0.497 e. The number of nitrogens with zero attached hydrogens (tertiary/aromatic N) is 1. The van der Waals surface area contributed by atoms with Crippen LogP contribution in [0.1, 0.15) is 22.4 Å². The first kappa shape index (κ1) is 14.0. The first-order valence-electron chi connectivity index (χ1n) is 6.13. The summed E-state index contributed by atoms with van der Waals surface area (Å²) in [5, 5.41) is 16.3. The van der Waals surface area contributed by atoms with Gasteiger partial charge in [0.2, 0.25) is 0 Å². The van der Waals surface area contributed by atoms with Gasteiger partial charge in [-0.1, -0.05) is 12.1 Å². The van der Waals surface area contributed by atoms with Crippen molar-refractivity contribution in [2.24, 2.45) is 0 Å². The third-order valence-corrected chi connectivity index (χ3v) is 3.75. The molecular formula is C14H18N2O2S. The number of nitrogens with one attached hydrogen (secondary N) is 1. The van der Waals surface area contributed by atoms with E-state index in [1.165, 1.54) is 0 Å². The number of hydrogen-bond acceptors (Lipinski definition) is 5. The minimum absolute atomic E-state index is 0.505. The van der Waals surface area contributed by atoms with E-state index in [0.717, 1.165) is 22.0 Å². The third kappa shape index (κ3) is 4.02. The summed E-state index contributed by atoms with van der Waals surface area (Å²) in [5.74, 6) is 0.794. The fraction of sp³-hybridized carbons (Fsp3) is 0.357. The van der Waals surface area contributed by atoms with E-state index in [9.17, 15) is 5.11 Å². The Morgan fingerprint density at radius 3 is 2.68 bits per heavy atom. The number of methoxy groups -OCH3 is 1. The minimum atomic E-state index is -0.521. The van der Waals surface area contributed by atoms with E-state index in [2.05, 4.69) is 10.3 Å². The van der Waals surface area contributed by atoms with Crippen molar-refractivity contribution in [2.45, 2.75) is 19.6 Å². The summed E-state index contributed by atoms with van der Waals surface area (Å²) in [6, 6.07) is 7.45. The van der Waals surface area contributed by atoms with Gasteiger partial charge in [0.15, 0.2) is 0 Å². The zero-order valence-electron chi connectivity index (χ0n) is 11.1. The molecule has 2 aromatic rings. The lowest BCUT2D eigenvalue weighted by atomic mass is 10.1. The highest BCUT2D eigenvalue weighted by atomic mass is 32.1. The Hall–Kier alpha value is -1.43. The van der Waals surface area contributed by atoms with Crippen LogP contribution in [0.5, 0.6) is 5.75 Å². The molecule has 0 amide bonds. The number of aromatic nitrogens is 1. The Balaban J connectivity index is 1.81. The van der Waals surface area contributed by atoms with Crippen LogP contribution in [0.25, 0.3) is 0 Å². The predicted octanol–water partition coefficient (Wildman–Crippen LogP) is 2.28. The van der Waals surface area contributed by atoms with Gasteiger partial charge in [-0.3, -0.25) is 0 Å². The molecule has 4 nitrogen and oxygen atoms in total. The van der Waals surface area contributed by atoms with Crippen molar-refractivity contribution in [3.8, 4) is 5.75 Å². The van der Waals surface area contributed by atoms with Gasteiger partial charge >= 0.3 is 0 Å². The molecule has 102 valence electrons. The van der Waals surface area contributed by atoms with Gasteiger partial charge in [-0.25, -0.2) is 4.98 Å². The topological polar surface area (TPSA) is 54.4 Å². The number of rotatable bonds is 6. The molecular weight excluding hydrogens is 260 g/mol. The molecule has 0 bridgehead atoms. The van der Waals surface area contributed by atoms with Gasteiger partial charge in [0.1, 0.15) is 10.8 Å². The highest BCUT2D eigenvalue weighted by Gasteiger charge is 2.07. The fourth-order valence-electron chi connectivity index (χ4n) is 1.74. The van der Waals surface area contributed by atoms with Crippen LogP contribution in [0.3, 0.4) is 0 Å². The lowest BCUT2D eigenvalue weighted by Crippen LogP contribution is -2.21. The van der Waals surface area contributed by atoms with Gasteiger partial charge in [0, 0.05) is 24.2 Å². The lowest BCUT2D eigenvalue weighted by Gasteiger charge is -2.12. The van der Waals surface area contributed by atoms with E-state index < -0.39 is 6.10 Å². The highest BCUT2D eigenvalue weighted by Crippen LogP contribution is 2.17. The quantitative estimate of drug-likeness (QED) is 0.851. The average Bonchev–Trinajstić information content (AvgIpc) is 2.84. The minimum Gasteiger partial charge on any atom is -0.497 e. The van der Waals surface area contributed by atoms with Gasteiger partial charge in [0.25, 0.3) is 0 Å². The molecule has 0 fully saturated rings. The second-order valence-corrected chi connectivity index (χ2v) is 5.25. The molecule has 2 rings (SSSR count). The Bertz CT molecular complexity index is 510. The molecule has 0 aliphatic heterocycles. The summed E-state index contributed by atoms with van der Waals surface area (Å²) in [5.41, 5.74) is 1.92. The number of ether oxygens (including phenoxy) is 1. The summed E-state index contributed by atoms with van der Waals surface area (Å²) in [7, 11) is 1.63. The average molecular weight is 278 g/mol. The zero-order chi connectivity index (χ0) is 13.7. The van der Waals surface area contributed by atoms with Gasteiger partial charge in [-0.2, -0.15) is 0 Å². The number of hydrogen-bond donors (Lipinski definition) is 2. The maximum atomic E-state index is 10.0. The van der Waals surface area contributed by atoms with E-state index >= 15 is 0 Å². The number of thiazole rings is 1. The Morgan fingerprint density at radius 1 is 1.37 bits per heavy atom. The van der Waals surface area contributed by atoms with E-state index in [1.807, 2.05) is 36.6 Å². The number of benzene rings is 1. The molecule has 2 N–H and O–H groups in total. The third-order valence-electron chi connectivity index (χ3n) is 2.78. The molecule has 0 aliphatic carbocycles. The molecule has 1 aromatic heterocycles. The molecule has 0 saturated heterocycles. The molecule has 0 spiro atoms. The molecule has 19 heavy (non-hydrogen) atoms. The first-order valence-corrected chi connectivity index (χ1v) is 7.00. The first-order chi connectivity index (χ1) is 9.19. The van der Waals surface area contributed by atoms with Crippen LogP contribution < -0.4 is 10.1 Å². The summed E-state index contributed by atoms with van der Waals surface area (Å²) >= 11 is 1.63. The SMILES string of the molecule is COc1ccc(C(O)CNCc2nc(C)cs2)cc1. The monoisotopic (exact) mass is 278 g/mol. The standard InChI is InChI=1S/C14H18N2O2S/c1-10-9-19-14(16-10)8-15-7-13(17)11-3-5-12(18-2)6-4-11/h3-6,9,13,15,17H,7-8H2,1-2H3. The highest BCUT2D eigenvalue weighted by molar-refractivity contribution is 7.09. The molecule has 1 heterocycles. The maximum absolute atomic E-state index is 10.0. The van der Waals surface area contributed by atoms with Crippen molar-refractivity contribution in [3.05, 3.63) is 45.9 Å². The maximum Gasteiger partial charge on any atom is 0.118 e. The summed E-state index contributed by atoms with van der Waals surface area (Å²) in [4.78, 5) is 4.36. The molecule has 1 atom stereocenters. The van der Waals surface area contributed by atoms with E-state index in [4.69, 9.17) is 4.74 Å². The summed E-state index contributed by atoms with van der Waals surface area (Å²) < 4.78 is 5.09. The molecule has 5 heteroatoms. The second kappa shape index (κ2) is 6.65. The Kier molecular flexibility index (Phi) is 4.90. The lowest BCUT2D eigenvalue weighted by molar-refractivity contribution is 0.174. The van der Waals surface area contributed by atoms with Crippen LogP contribution in [0, 0.1) is 6.92 Å². The van der Waals surface area contributed by atoms with Crippen LogP contribution in [0.4, 0.5) is 0 Å². The van der Waals surface area contributed by atoms with Gasteiger partial charge in [-0.05, 0) is 24.6 Å². The van der Waals surface area contributed by atoms with Crippen LogP contribution in [0.15, 0.2) is 29.6 Å². The molecule has 0 saturated carbocycles. The van der Waals surface area contributed by atoms with Crippen LogP contribution >= 0.6 is 11.3 Å². The Morgan fingerprint density at radius 2 is 2.11 bits per heavy atom. The van der Waals surface area contributed by atoms with Gasteiger partial charge < -0.3 is 15.2 Å². The van der Waals surface area contributed by atoms with Crippen molar-refractivity contribution in [1.29, 1.82) is 0 Å². The molecule has 0 aliphatic rings. The number of aliphatic hydroxyl groups is 1. The summed E-state index contributed by atoms with van der Waals surface area (Å²) in [6.07, 6.45) is -0.521. The smallest absolute Gasteiger partial charge is 0.118 e. The van der Waals surface area contributed by atoms with Crippen molar-refractivity contribution in [2.75, 3.05) is 13.7 Å². The van der Waals surface area contributed by atoms with Crippen molar-refractivity contribution in [1.82, 2.24) is 10.3 Å². The fourth-order valence-corrected chi connectivity index (χ4v) is 2.49. The Labute approximate surface area is 117 Å². The van der Waals surface area contributed by atoms with Crippen molar-refractivity contribution in [3.63, 3.8) is 0 Å². The summed E-state index contributed by atoms with van der Waals surface area (Å²) in [6.45, 7) is 3.17. The number of aryl methyl sites for hydroxylation is 1. The normalized spacial score (nSPS) is 12.4. The van der Waals surface area contributed by atoms with Crippen LogP contribution in [-0.4, -0.2) is 23.7 Å². The van der Waals surface area contributed by atoms with Crippen LogP contribution in [0.2, 0.25) is 0 Å². The number of aliphatic hydroxyl groups excluding tert-OH is 1. The predicted molar refractivity (Wildman–Crippen MR) is 76.5 cm³/mol. The van der Waals surface area contributed by atoms with E-state index in [0.29, 0.717) is 13.1 Å². The molecule has 1 aromatic carbocycles. The van der Waals surface area contributed by atoms with Crippen molar-refractivity contribution < 1.29 is 9.84 Å².